The summed E-state index contributed by atoms with van der Waals surface area (Å²) in [7, 11) is 0. The van der Waals surface area contributed by atoms with Gasteiger partial charge in [0.15, 0.2) is 0 Å². The van der Waals surface area contributed by atoms with Crippen LogP contribution in [-0.4, -0.2) is 39.8 Å². The number of pyridine rings is 1. The van der Waals surface area contributed by atoms with Crippen molar-refractivity contribution in [3.8, 4) is 10.6 Å². The van der Waals surface area contributed by atoms with Crippen molar-refractivity contribution in [1.82, 2.24) is 20.2 Å². The Balaban J connectivity index is 1.59. The standard InChI is InChI=1S/C21H21N5O2S/c1-21(22-2,12-5-6-12)16-9-13(17-14(24-16)10-23-18(17)27)19-25-15(11-29-19)20(28)26-7-3-4-8-26/h9,11-12H,3-8,10H2,1H3,(H,23,27)/t21-/m0/s1. The van der Waals surface area contributed by atoms with Crippen LogP contribution in [-0.2, 0) is 12.1 Å². The number of carbonyl (C=O) groups is 2. The summed E-state index contributed by atoms with van der Waals surface area (Å²) in [6, 6.07) is 1.85. The highest BCUT2D eigenvalue weighted by Crippen LogP contribution is 2.49. The molecular formula is C21H21N5O2S. The molecule has 1 aliphatic carbocycles. The molecule has 5 rings (SSSR count). The fraction of sp³-hybridized carbons (Fsp3) is 0.476. The van der Waals surface area contributed by atoms with Crippen molar-refractivity contribution >= 4 is 23.2 Å². The van der Waals surface area contributed by atoms with E-state index in [0.717, 1.165) is 38.8 Å². The second-order valence-corrected chi connectivity index (χ2v) is 8.99. The summed E-state index contributed by atoms with van der Waals surface area (Å²) in [6.07, 6.45) is 4.10. The lowest BCUT2D eigenvalue weighted by Gasteiger charge is -2.18. The number of aromatic nitrogens is 2. The molecule has 2 fully saturated rings. The Morgan fingerprint density at radius 2 is 2.10 bits per heavy atom. The van der Waals surface area contributed by atoms with Gasteiger partial charge in [-0.05, 0) is 31.7 Å². The number of amides is 2. The average molecular weight is 407 g/mol. The second kappa shape index (κ2) is 6.63. The van der Waals surface area contributed by atoms with E-state index in [2.05, 4.69) is 15.1 Å². The zero-order chi connectivity index (χ0) is 20.2. The normalized spacial score (nSPS) is 20.1. The number of hydrogen-bond acceptors (Lipinski definition) is 5. The minimum Gasteiger partial charge on any atom is -0.346 e. The van der Waals surface area contributed by atoms with Crippen LogP contribution in [0, 0.1) is 12.5 Å². The smallest absolute Gasteiger partial charge is 0.274 e. The molecule has 0 unspecified atom stereocenters. The fourth-order valence-electron chi connectivity index (χ4n) is 4.24. The molecule has 1 saturated heterocycles. The van der Waals surface area contributed by atoms with Crippen LogP contribution in [0.4, 0.5) is 0 Å². The van der Waals surface area contributed by atoms with E-state index in [1.165, 1.54) is 11.3 Å². The maximum Gasteiger partial charge on any atom is 0.274 e. The molecule has 7 nitrogen and oxygen atoms in total. The van der Waals surface area contributed by atoms with Crippen LogP contribution in [0.25, 0.3) is 15.4 Å². The Morgan fingerprint density at radius 1 is 1.34 bits per heavy atom. The molecule has 1 saturated carbocycles. The minimum atomic E-state index is -0.694. The molecule has 0 aromatic carbocycles. The van der Waals surface area contributed by atoms with Crippen molar-refractivity contribution in [3.05, 3.63) is 45.5 Å². The quantitative estimate of drug-likeness (QED) is 0.789. The van der Waals surface area contributed by atoms with Gasteiger partial charge in [-0.2, -0.15) is 0 Å². The van der Waals surface area contributed by atoms with Crippen LogP contribution in [0.1, 0.15) is 64.8 Å². The predicted octanol–water partition coefficient (Wildman–Crippen LogP) is 3.23. The monoisotopic (exact) mass is 407 g/mol. The van der Waals surface area contributed by atoms with Gasteiger partial charge in [-0.15, -0.1) is 11.3 Å². The largest absolute Gasteiger partial charge is 0.346 e. The third-order valence-electron chi connectivity index (χ3n) is 6.21. The third kappa shape index (κ3) is 2.92. The first kappa shape index (κ1) is 18.3. The van der Waals surface area contributed by atoms with Gasteiger partial charge in [-0.1, -0.05) is 0 Å². The van der Waals surface area contributed by atoms with Gasteiger partial charge in [-0.3, -0.25) is 9.59 Å². The zero-order valence-corrected chi connectivity index (χ0v) is 17.0. The van der Waals surface area contributed by atoms with Crippen molar-refractivity contribution in [1.29, 1.82) is 0 Å². The van der Waals surface area contributed by atoms with E-state index in [1.807, 2.05) is 17.9 Å². The van der Waals surface area contributed by atoms with Gasteiger partial charge in [-0.25, -0.2) is 16.5 Å². The molecule has 29 heavy (non-hydrogen) atoms. The van der Waals surface area contributed by atoms with Crippen LogP contribution >= 0.6 is 11.3 Å². The van der Waals surface area contributed by atoms with E-state index in [1.54, 1.807) is 5.38 Å². The predicted molar refractivity (Wildman–Crippen MR) is 108 cm³/mol. The number of hydrogen-bond donors (Lipinski definition) is 1. The molecule has 2 aromatic rings. The number of carbonyl (C=O) groups excluding carboxylic acids is 2. The van der Waals surface area contributed by atoms with Crippen molar-refractivity contribution in [3.63, 3.8) is 0 Å². The molecule has 0 spiro atoms. The SMILES string of the molecule is [C-]#[N+][C@](C)(c1cc(-c2nc(C(=O)N3CCCC3)cs2)c2c(n1)CNC2=O)C1CC1. The Kier molecular flexibility index (Phi) is 4.17. The van der Waals surface area contributed by atoms with Crippen molar-refractivity contribution in [2.45, 2.75) is 44.7 Å². The molecule has 1 N–H and O–H groups in total. The number of nitrogens with zero attached hydrogens (tertiary/aromatic N) is 4. The lowest BCUT2D eigenvalue weighted by molar-refractivity contribution is 0.0787. The van der Waals surface area contributed by atoms with Crippen molar-refractivity contribution in [2.24, 2.45) is 5.92 Å². The zero-order valence-electron chi connectivity index (χ0n) is 16.2. The first-order chi connectivity index (χ1) is 14.0. The molecule has 0 bridgehead atoms. The Hall–Kier alpha value is -2.79. The molecule has 2 aromatic heterocycles. The summed E-state index contributed by atoms with van der Waals surface area (Å²) in [5, 5.41) is 5.23. The fourth-order valence-corrected chi connectivity index (χ4v) is 5.06. The van der Waals surface area contributed by atoms with Gasteiger partial charge in [0.25, 0.3) is 17.4 Å². The van der Waals surface area contributed by atoms with E-state index in [9.17, 15) is 9.59 Å². The Morgan fingerprint density at radius 3 is 2.79 bits per heavy atom. The van der Waals surface area contributed by atoms with Crippen LogP contribution in [0.5, 0.6) is 0 Å². The summed E-state index contributed by atoms with van der Waals surface area (Å²) in [5.41, 5.74) is 2.30. The molecule has 1 atom stereocenters. The highest BCUT2D eigenvalue weighted by molar-refractivity contribution is 7.13. The summed E-state index contributed by atoms with van der Waals surface area (Å²) in [5.74, 6) is 0.0732. The molecule has 8 heteroatoms. The van der Waals surface area contributed by atoms with Crippen molar-refractivity contribution < 1.29 is 9.59 Å². The Bertz CT molecular complexity index is 1060. The molecule has 3 aliphatic rings. The van der Waals surface area contributed by atoms with Gasteiger partial charge >= 0.3 is 0 Å². The van der Waals surface area contributed by atoms with Crippen LogP contribution < -0.4 is 5.32 Å². The maximum absolute atomic E-state index is 12.7. The first-order valence-corrected chi connectivity index (χ1v) is 10.9. The highest BCUT2D eigenvalue weighted by Gasteiger charge is 2.51. The first-order valence-electron chi connectivity index (χ1n) is 9.97. The van der Waals surface area contributed by atoms with Gasteiger partial charge in [0.1, 0.15) is 16.4 Å². The number of likely N-dealkylation sites (tertiary alicyclic amines) is 1. The Labute approximate surface area is 173 Å². The average Bonchev–Trinajstić information content (AvgIpc) is 3.13. The lowest BCUT2D eigenvalue weighted by atomic mass is 9.90. The summed E-state index contributed by atoms with van der Waals surface area (Å²) in [4.78, 5) is 40.2. The molecule has 148 valence electrons. The third-order valence-corrected chi connectivity index (χ3v) is 7.08. The highest BCUT2D eigenvalue weighted by atomic mass is 32.1. The summed E-state index contributed by atoms with van der Waals surface area (Å²) >= 11 is 1.36. The van der Waals surface area contributed by atoms with Gasteiger partial charge < -0.3 is 15.1 Å². The summed E-state index contributed by atoms with van der Waals surface area (Å²) in [6.45, 7) is 11.6. The molecule has 4 heterocycles. The van der Waals surface area contributed by atoms with Crippen LogP contribution in [0.15, 0.2) is 11.4 Å². The van der Waals surface area contributed by atoms with Crippen LogP contribution in [0.2, 0.25) is 0 Å². The lowest BCUT2D eigenvalue weighted by Crippen LogP contribution is -2.27. The number of fused-ring (bicyclic) bond motifs is 1. The molecule has 2 aliphatic heterocycles. The van der Waals surface area contributed by atoms with E-state index < -0.39 is 5.54 Å². The van der Waals surface area contributed by atoms with E-state index in [0.29, 0.717) is 45.7 Å². The van der Waals surface area contributed by atoms with Crippen molar-refractivity contribution in [2.75, 3.05) is 13.1 Å². The van der Waals surface area contributed by atoms with E-state index in [4.69, 9.17) is 11.6 Å². The molecular weight excluding hydrogens is 386 g/mol. The van der Waals surface area contributed by atoms with Crippen LogP contribution in [0.3, 0.4) is 0 Å². The molecule has 0 radical (unpaired) electrons. The van der Waals surface area contributed by atoms with Gasteiger partial charge in [0.2, 0.25) is 0 Å². The number of thiazole rings is 1. The topological polar surface area (TPSA) is 79.6 Å². The van der Waals surface area contributed by atoms with Gasteiger partial charge in [0.05, 0.1) is 17.8 Å². The van der Waals surface area contributed by atoms with E-state index >= 15 is 0 Å². The second-order valence-electron chi connectivity index (χ2n) is 8.13. The maximum atomic E-state index is 12.7. The van der Waals surface area contributed by atoms with E-state index in [-0.39, 0.29) is 11.8 Å². The number of rotatable bonds is 4. The minimum absolute atomic E-state index is 0.0515. The number of nitrogens with one attached hydrogen (secondary N) is 1. The molecule has 2 amide bonds. The van der Waals surface area contributed by atoms with Gasteiger partial charge in [0, 0.05) is 36.9 Å². The summed E-state index contributed by atoms with van der Waals surface area (Å²) < 4.78 is 0.